The largest absolute Gasteiger partial charge is 0.507 e. The average Bonchev–Trinajstić information content (AvgIpc) is 2.67. The molecule has 3 aromatic rings. The summed E-state index contributed by atoms with van der Waals surface area (Å²) in [6, 6.07) is 15.9. The van der Waals surface area contributed by atoms with E-state index >= 15 is 0 Å². The van der Waals surface area contributed by atoms with Gasteiger partial charge in [-0.3, -0.25) is 0 Å². The van der Waals surface area contributed by atoms with Gasteiger partial charge < -0.3 is 19.5 Å². The first-order valence-electron chi connectivity index (χ1n) is 8.64. The van der Waals surface area contributed by atoms with Gasteiger partial charge in [-0.1, -0.05) is 47.6 Å². The van der Waals surface area contributed by atoms with Crippen molar-refractivity contribution in [3.8, 4) is 5.75 Å². The molecule has 28 heavy (non-hydrogen) atoms. The molecule has 1 aromatic heterocycles. The van der Waals surface area contributed by atoms with Crippen LogP contribution in [0.25, 0.3) is 11.0 Å². The van der Waals surface area contributed by atoms with Crippen molar-refractivity contribution < 1.29 is 24.3 Å². The highest BCUT2D eigenvalue weighted by molar-refractivity contribution is 5.86. The van der Waals surface area contributed by atoms with Gasteiger partial charge in [0.05, 0.1) is 16.7 Å². The lowest BCUT2D eigenvalue weighted by Crippen LogP contribution is -2.17. The van der Waals surface area contributed by atoms with Crippen molar-refractivity contribution in [2.75, 3.05) is 6.61 Å². The van der Waals surface area contributed by atoms with Crippen molar-refractivity contribution >= 4 is 22.7 Å². The number of rotatable bonds is 7. The highest BCUT2D eigenvalue weighted by atomic mass is 16.6. The second kappa shape index (κ2) is 8.39. The summed E-state index contributed by atoms with van der Waals surface area (Å²) >= 11 is 0. The molecule has 1 unspecified atom stereocenters. The molecule has 0 spiro atoms. The normalized spacial score (nSPS) is 12.7. The smallest absolute Gasteiger partial charge is 0.344 e. The van der Waals surface area contributed by atoms with Crippen molar-refractivity contribution in [1.29, 1.82) is 0 Å². The zero-order valence-electron chi connectivity index (χ0n) is 15.2. The number of aromatic hydroxyl groups is 1. The van der Waals surface area contributed by atoms with Crippen molar-refractivity contribution in [3.05, 3.63) is 76.1 Å². The Kier molecular flexibility index (Phi) is 5.74. The van der Waals surface area contributed by atoms with E-state index in [1.165, 1.54) is 0 Å². The van der Waals surface area contributed by atoms with E-state index in [1.807, 2.05) is 30.3 Å². The second-order valence-corrected chi connectivity index (χ2v) is 6.31. The molecule has 3 rings (SSSR count). The summed E-state index contributed by atoms with van der Waals surface area (Å²) in [4.78, 5) is 28.0. The second-order valence-electron chi connectivity index (χ2n) is 6.31. The van der Waals surface area contributed by atoms with Crippen LogP contribution >= 0.6 is 0 Å². The fourth-order valence-corrected chi connectivity index (χ4v) is 3.06. The number of aliphatic carboxylic acids is 1. The molecule has 1 heterocycles. The van der Waals surface area contributed by atoms with Crippen LogP contribution in [0.1, 0.15) is 30.4 Å². The van der Waals surface area contributed by atoms with Crippen molar-refractivity contribution in [2.45, 2.75) is 19.3 Å². The van der Waals surface area contributed by atoms with Crippen molar-refractivity contribution in [3.63, 3.8) is 0 Å². The molecule has 7 nitrogen and oxygen atoms in total. The van der Waals surface area contributed by atoms with Crippen LogP contribution in [0.2, 0.25) is 0 Å². The number of fused-ring (bicyclic) bond motifs is 1. The molecular formula is C21H19NO6. The molecule has 0 aliphatic heterocycles. The third-order valence-electron chi connectivity index (χ3n) is 4.28. The number of benzene rings is 2. The molecule has 0 saturated heterocycles. The molecule has 7 heteroatoms. The number of para-hydroxylation sites is 1. The van der Waals surface area contributed by atoms with Gasteiger partial charge in [0, 0.05) is 12.3 Å². The Bertz CT molecular complexity index is 1070. The van der Waals surface area contributed by atoms with Crippen molar-refractivity contribution in [1.82, 2.24) is 0 Å². The summed E-state index contributed by atoms with van der Waals surface area (Å²) in [5.74, 6) is -1.82. The Morgan fingerprint density at radius 2 is 1.82 bits per heavy atom. The fourth-order valence-electron chi connectivity index (χ4n) is 3.06. The third-order valence-corrected chi connectivity index (χ3v) is 4.28. The maximum absolute atomic E-state index is 12.7. The monoisotopic (exact) mass is 381 g/mol. The summed E-state index contributed by atoms with van der Waals surface area (Å²) in [6.07, 6.45) is 0.236. The number of hydrogen-bond donors (Lipinski definition) is 2. The van der Waals surface area contributed by atoms with Crippen LogP contribution in [-0.4, -0.2) is 28.5 Å². The average molecular weight is 381 g/mol. The molecule has 0 fully saturated rings. The lowest BCUT2D eigenvalue weighted by molar-refractivity contribution is -0.142. The summed E-state index contributed by atoms with van der Waals surface area (Å²) in [7, 11) is 0. The molecule has 2 aromatic carbocycles. The third kappa shape index (κ3) is 4.20. The quantitative estimate of drug-likeness (QED) is 0.368. The lowest BCUT2D eigenvalue weighted by Gasteiger charge is -2.18. The number of carbonyl (C=O) groups is 1. The van der Waals surface area contributed by atoms with Crippen LogP contribution in [0.15, 0.2) is 69.0 Å². The predicted molar refractivity (Wildman–Crippen MR) is 104 cm³/mol. The number of nitrogens with zero attached hydrogens (tertiary/aromatic N) is 1. The van der Waals surface area contributed by atoms with E-state index in [0.29, 0.717) is 16.7 Å². The van der Waals surface area contributed by atoms with Crippen molar-refractivity contribution in [2.24, 2.45) is 5.16 Å². The van der Waals surface area contributed by atoms with E-state index in [2.05, 4.69) is 5.16 Å². The summed E-state index contributed by atoms with van der Waals surface area (Å²) in [5, 5.41) is 23.7. The standard InChI is InChI=1S/C21H19NO6/c1-13(22-27-12-18(23)24)11-16(14-7-3-2-4-8-14)19-20(25)15-9-5-6-10-17(15)28-21(19)26/h2-10,16,25H,11-12H2,1H3,(H,23,24). The first-order chi connectivity index (χ1) is 13.5. The van der Waals surface area contributed by atoms with Gasteiger partial charge in [0.15, 0.2) is 0 Å². The van der Waals surface area contributed by atoms with Gasteiger partial charge in [-0.2, -0.15) is 0 Å². The Hall–Kier alpha value is -3.61. The molecule has 0 aliphatic carbocycles. The zero-order chi connectivity index (χ0) is 20.1. The Morgan fingerprint density at radius 1 is 1.14 bits per heavy atom. The minimum Gasteiger partial charge on any atom is -0.507 e. The molecule has 144 valence electrons. The molecule has 0 saturated carbocycles. The van der Waals surface area contributed by atoms with Gasteiger partial charge in [-0.15, -0.1) is 0 Å². The van der Waals surface area contributed by atoms with Crippen LogP contribution in [0, 0.1) is 0 Å². The summed E-state index contributed by atoms with van der Waals surface area (Å²) in [5.41, 5.74) is 1.05. The minimum absolute atomic E-state index is 0.123. The number of carboxylic acid groups (broad SMARTS) is 1. The topological polar surface area (TPSA) is 109 Å². The highest BCUT2D eigenvalue weighted by Crippen LogP contribution is 2.36. The Morgan fingerprint density at radius 3 is 2.54 bits per heavy atom. The highest BCUT2D eigenvalue weighted by Gasteiger charge is 2.25. The molecule has 2 N–H and O–H groups in total. The van der Waals surface area contributed by atoms with Gasteiger partial charge in [-0.25, -0.2) is 9.59 Å². The zero-order valence-corrected chi connectivity index (χ0v) is 15.2. The number of oxime groups is 1. The molecule has 0 aliphatic rings. The first kappa shape index (κ1) is 19.2. The number of carboxylic acids is 1. The van der Waals surface area contributed by atoms with Crippen LogP contribution < -0.4 is 5.63 Å². The molecule has 0 amide bonds. The van der Waals surface area contributed by atoms with Gasteiger partial charge in [-0.05, 0) is 24.6 Å². The number of hydrogen-bond acceptors (Lipinski definition) is 6. The van der Waals surface area contributed by atoms with E-state index < -0.39 is 24.1 Å². The predicted octanol–water partition coefficient (Wildman–Crippen LogP) is 3.50. The van der Waals surface area contributed by atoms with Gasteiger partial charge >= 0.3 is 11.6 Å². The van der Waals surface area contributed by atoms with Crippen LogP contribution in [0.5, 0.6) is 5.75 Å². The Balaban J connectivity index is 2.07. The van der Waals surface area contributed by atoms with E-state index in [9.17, 15) is 14.7 Å². The van der Waals surface area contributed by atoms with Gasteiger partial charge in [0.25, 0.3) is 0 Å². The van der Waals surface area contributed by atoms with Crippen LogP contribution in [0.4, 0.5) is 0 Å². The minimum atomic E-state index is -1.14. The maximum Gasteiger partial charge on any atom is 0.344 e. The van der Waals surface area contributed by atoms with Gasteiger partial charge in [0.1, 0.15) is 11.3 Å². The van der Waals surface area contributed by atoms with Gasteiger partial charge in [0.2, 0.25) is 6.61 Å². The lowest BCUT2D eigenvalue weighted by atomic mass is 9.87. The van der Waals surface area contributed by atoms with E-state index in [1.54, 1.807) is 31.2 Å². The van der Waals surface area contributed by atoms with E-state index in [4.69, 9.17) is 14.4 Å². The van der Waals surface area contributed by atoms with E-state index in [0.717, 1.165) is 5.56 Å². The Labute approximate surface area is 160 Å². The summed E-state index contributed by atoms with van der Waals surface area (Å²) < 4.78 is 5.41. The fraction of sp³-hybridized carbons (Fsp3) is 0.190. The molecule has 0 bridgehead atoms. The van der Waals surface area contributed by atoms with Crippen LogP contribution in [0.3, 0.4) is 0 Å². The summed E-state index contributed by atoms with van der Waals surface area (Å²) in [6.45, 7) is 1.11. The van der Waals surface area contributed by atoms with E-state index in [-0.39, 0.29) is 17.7 Å². The molecule has 0 radical (unpaired) electrons. The first-order valence-corrected chi connectivity index (χ1v) is 8.64. The van der Waals surface area contributed by atoms with Crippen LogP contribution in [-0.2, 0) is 9.63 Å². The SMILES string of the molecule is CC(CC(c1ccccc1)c1c(O)c2ccccc2oc1=O)=NOCC(=O)O. The molecular weight excluding hydrogens is 362 g/mol. The molecule has 1 atom stereocenters. The maximum atomic E-state index is 12.7.